The Morgan fingerprint density at radius 2 is 1.74 bits per heavy atom. The van der Waals surface area contributed by atoms with Crippen LogP contribution >= 0.6 is 11.3 Å². The van der Waals surface area contributed by atoms with Gasteiger partial charge in [-0.25, -0.2) is 4.98 Å². The van der Waals surface area contributed by atoms with Gasteiger partial charge in [-0.05, 0) is 18.8 Å². The highest BCUT2D eigenvalue weighted by Crippen LogP contribution is 2.26. The SMILES string of the molecule is CC(=O)N1CCN(C(=O)Cc2csc(NC(=O)CN(CC(C)C)C(=O)C3CCCCC3)n2)CC1. The van der Waals surface area contributed by atoms with E-state index >= 15 is 0 Å². The van der Waals surface area contributed by atoms with Crippen molar-refractivity contribution in [3.05, 3.63) is 11.1 Å². The fraction of sp³-hybridized carbons (Fsp3) is 0.708. The zero-order chi connectivity index (χ0) is 24.7. The van der Waals surface area contributed by atoms with Crippen LogP contribution in [0.5, 0.6) is 0 Å². The zero-order valence-electron chi connectivity index (χ0n) is 20.5. The maximum atomic E-state index is 13.0. The average molecular weight is 492 g/mol. The highest BCUT2D eigenvalue weighted by molar-refractivity contribution is 7.13. The Morgan fingerprint density at radius 3 is 2.35 bits per heavy atom. The van der Waals surface area contributed by atoms with Gasteiger partial charge in [0.1, 0.15) is 0 Å². The van der Waals surface area contributed by atoms with Crippen LogP contribution in [0.15, 0.2) is 5.38 Å². The third kappa shape index (κ3) is 7.51. The Balaban J connectivity index is 1.50. The van der Waals surface area contributed by atoms with Crippen molar-refractivity contribution >= 4 is 40.1 Å². The Labute approximate surface area is 205 Å². The number of thiazole rings is 1. The molecule has 2 aliphatic rings. The minimum absolute atomic E-state index is 0.0157. The van der Waals surface area contributed by atoms with Crippen LogP contribution in [0.3, 0.4) is 0 Å². The lowest BCUT2D eigenvalue weighted by Crippen LogP contribution is -2.50. The lowest BCUT2D eigenvalue weighted by Gasteiger charge is -2.34. The Bertz CT molecular complexity index is 872. The Morgan fingerprint density at radius 1 is 1.09 bits per heavy atom. The van der Waals surface area contributed by atoms with E-state index in [0.717, 1.165) is 25.7 Å². The largest absolute Gasteiger partial charge is 0.339 e. The molecule has 1 saturated heterocycles. The summed E-state index contributed by atoms with van der Waals surface area (Å²) < 4.78 is 0. The van der Waals surface area contributed by atoms with Crippen LogP contribution in [0.1, 0.15) is 58.6 Å². The smallest absolute Gasteiger partial charge is 0.245 e. The number of piperazine rings is 1. The molecule has 1 aliphatic carbocycles. The molecule has 2 fully saturated rings. The van der Waals surface area contributed by atoms with Gasteiger partial charge in [0.25, 0.3) is 0 Å². The van der Waals surface area contributed by atoms with E-state index in [1.165, 1.54) is 24.7 Å². The lowest BCUT2D eigenvalue weighted by atomic mass is 9.88. The fourth-order valence-corrected chi connectivity index (χ4v) is 5.32. The maximum absolute atomic E-state index is 13.0. The van der Waals surface area contributed by atoms with Crippen molar-refractivity contribution in [2.24, 2.45) is 11.8 Å². The second kappa shape index (κ2) is 12.3. The molecule has 0 radical (unpaired) electrons. The number of rotatable bonds is 8. The molecular weight excluding hydrogens is 454 g/mol. The summed E-state index contributed by atoms with van der Waals surface area (Å²) in [6.07, 6.45) is 5.30. The van der Waals surface area contributed by atoms with Crippen LogP contribution in [0.2, 0.25) is 0 Å². The molecule has 1 aromatic heterocycles. The predicted molar refractivity (Wildman–Crippen MR) is 131 cm³/mol. The van der Waals surface area contributed by atoms with Gasteiger partial charge in [-0.3, -0.25) is 19.2 Å². The molecular formula is C24H37N5O4S. The number of hydrogen-bond donors (Lipinski definition) is 1. The lowest BCUT2D eigenvalue weighted by molar-refractivity contribution is -0.139. The van der Waals surface area contributed by atoms with E-state index in [2.05, 4.69) is 10.3 Å². The highest BCUT2D eigenvalue weighted by atomic mass is 32.1. The molecule has 0 spiro atoms. The number of aromatic nitrogens is 1. The molecule has 0 bridgehead atoms. The Hall–Kier alpha value is -2.49. The summed E-state index contributed by atoms with van der Waals surface area (Å²) in [7, 11) is 0. The molecule has 188 valence electrons. The van der Waals surface area contributed by atoms with Gasteiger partial charge in [0, 0.05) is 50.9 Å². The number of anilines is 1. The van der Waals surface area contributed by atoms with Gasteiger partial charge in [0.15, 0.2) is 5.13 Å². The number of hydrogen-bond acceptors (Lipinski definition) is 6. The predicted octanol–water partition coefficient (Wildman–Crippen LogP) is 2.38. The van der Waals surface area contributed by atoms with Gasteiger partial charge in [-0.15, -0.1) is 11.3 Å². The van der Waals surface area contributed by atoms with Crippen LogP contribution in [0.4, 0.5) is 5.13 Å². The molecule has 9 nitrogen and oxygen atoms in total. The summed E-state index contributed by atoms with van der Waals surface area (Å²) in [6, 6.07) is 0. The standard InChI is InChI=1S/C24H37N5O4S/c1-17(2)14-29(23(33)19-7-5-4-6-8-19)15-21(31)26-24-25-20(16-34-24)13-22(32)28-11-9-27(10-12-28)18(3)30/h16-17,19H,4-15H2,1-3H3,(H,25,26,31). The molecule has 0 atom stereocenters. The summed E-state index contributed by atoms with van der Waals surface area (Å²) in [5, 5.41) is 5.01. The van der Waals surface area contributed by atoms with Crippen LogP contribution < -0.4 is 5.32 Å². The summed E-state index contributed by atoms with van der Waals surface area (Å²) in [5.74, 6) is 0.105. The maximum Gasteiger partial charge on any atom is 0.245 e. The van der Waals surface area contributed by atoms with Gasteiger partial charge in [-0.2, -0.15) is 0 Å². The first kappa shape index (κ1) is 26.1. The summed E-state index contributed by atoms with van der Waals surface area (Å²) in [4.78, 5) is 59.4. The van der Waals surface area contributed by atoms with E-state index in [1.54, 1.807) is 20.1 Å². The quantitative estimate of drug-likeness (QED) is 0.601. The molecule has 34 heavy (non-hydrogen) atoms. The molecule has 0 aromatic carbocycles. The normalized spacial score (nSPS) is 17.1. The second-order valence-electron chi connectivity index (χ2n) is 9.70. The first-order valence-corrected chi connectivity index (χ1v) is 13.2. The fourth-order valence-electron chi connectivity index (χ4n) is 4.60. The summed E-state index contributed by atoms with van der Waals surface area (Å²) >= 11 is 1.28. The van der Waals surface area contributed by atoms with Crippen LogP contribution in [0.25, 0.3) is 0 Å². The van der Waals surface area contributed by atoms with Gasteiger partial charge in [0.05, 0.1) is 18.7 Å². The van der Waals surface area contributed by atoms with E-state index in [0.29, 0.717) is 43.5 Å². The van der Waals surface area contributed by atoms with Crippen molar-refractivity contribution < 1.29 is 19.2 Å². The van der Waals surface area contributed by atoms with Crippen molar-refractivity contribution in [1.29, 1.82) is 0 Å². The van der Waals surface area contributed by atoms with E-state index < -0.39 is 0 Å². The first-order valence-electron chi connectivity index (χ1n) is 12.3. The van der Waals surface area contributed by atoms with E-state index in [-0.39, 0.29) is 48.4 Å². The topological polar surface area (TPSA) is 103 Å². The number of carbonyl (C=O) groups excluding carboxylic acids is 4. The van der Waals surface area contributed by atoms with Gasteiger partial charge < -0.3 is 20.0 Å². The minimum Gasteiger partial charge on any atom is -0.339 e. The second-order valence-corrected chi connectivity index (χ2v) is 10.6. The van der Waals surface area contributed by atoms with Crippen LogP contribution in [-0.2, 0) is 25.6 Å². The number of carbonyl (C=O) groups is 4. The van der Waals surface area contributed by atoms with E-state index in [9.17, 15) is 19.2 Å². The highest BCUT2D eigenvalue weighted by Gasteiger charge is 2.28. The monoisotopic (exact) mass is 491 g/mol. The van der Waals surface area contributed by atoms with Gasteiger partial charge in [-0.1, -0.05) is 33.1 Å². The minimum atomic E-state index is -0.266. The molecule has 10 heteroatoms. The van der Waals surface area contributed by atoms with Gasteiger partial charge in [0.2, 0.25) is 23.6 Å². The third-order valence-electron chi connectivity index (χ3n) is 6.39. The van der Waals surface area contributed by atoms with Crippen molar-refractivity contribution in [3.8, 4) is 0 Å². The summed E-state index contributed by atoms with van der Waals surface area (Å²) in [6.45, 7) is 8.33. The molecule has 2 heterocycles. The third-order valence-corrected chi connectivity index (χ3v) is 7.20. The van der Waals surface area contributed by atoms with Crippen molar-refractivity contribution in [1.82, 2.24) is 19.7 Å². The van der Waals surface area contributed by atoms with Crippen LogP contribution in [0, 0.1) is 11.8 Å². The average Bonchev–Trinajstić information content (AvgIpc) is 3.24. The van der Waals surface area contributed by atoms with Crippen molar-refractivity contribution in [3.63, 3.8) is 0 Å². The van der Waals surface area contributed by atoms with E-state index in [4.69, 9.17) is 0 Å². The molecule has 1 N–H and O–H groups in total. The number of amides is 4. The number of nitrogens with zero attached hydrogens (tertiary/aromatic N) is 4. The van der Waals surface area contributed by atoms with Crippen molar-refractivity contribution in [2.45, 2.75) is 59.3 Å². The zero-order valence-corrected chi connectivity index (χ0v) is 21.4. The first-order chi connectivity index (χ1) is 16.2. The van der Waals surface area contributed by atoms with E-state index in [1.807, 2.05) is 13.8 Å². The molecule has 1 saturated carbocycles. The van der Waals surface area contributed by atoms with Gasteiger partial charge >= 0.3 is 0 Å². The Kier molecular flexibility index (Phi) is 9.44. The van der Waals surface area contributed by atoms with Crippen LogP contribution in [-0.4, -0.2) is 82.6 Å². The number of nitrogens with one attached hydrogen (secondary N) is 1. The molecule has 3 rings (SSSR count). The van der Waals surface area contributed by atoms with Crippen molar-refractivity contribution in [2.75, 3.05) is 44.6 Å². The molecule has 1 aromatic rings. The summed E-state index contributed by atoms with van der Waals surface area (Å²) in [5.41, 5.74) is 0.608. The molecule has 1 aliphatic heterocycles. The molecule has 0 unspecified atom stereocenters. The molecule has 4 amide bonds.